The highest BCUT2D eigenvalue weighted by atomic mass is 16.2. The molecule has 0 spiro atoms. The maximum atomic E-state index is 12.4. The van der Waals surface area contributed by atoms with Crippen molar-refractivity contribution in [2.75, 3.05) is 29.9 Å². The first-order valence-corrected chi connectivity index (χ1v) is 9.19. The zero-order chi connectivity index (χ0) is 19.2. The second-order valence-corrected chi connectivity index (χ2v) is 6.86. The van der Waals surface area contributed by atoms with Crippen LogP contribution in [0.5, 0.6) is 0 Å². The predicted molar refractivity (Wildman–Crippen MR) is 105 cm³/mol. The van der Waals surface area contributed by atoms with Gasteiger partial charge in [-0.25, -0.2) is 4.98 Å². The van der Waals surface area contributed by atoms with Gasteiger partial charge in [-0.2, -0.15) is 0 Å². The fourth-order valence-electron chi connectivity index (χ4n) is 3.33. The molecule has 2 heterocycles. The number of hydrogen-bond acceptors (Lipinski definition) is 5. The molecule has 142 valence electrons. The highest BCUT2D eigenvalue weighted by Crippen LogP contribution is 2.21. The van der Waals surface area contributed by atoms with E-state index in [-0.39, 0.29) is 24.3 Å². The molecule has 1 saturated heterocycles. The summed E-state index contributed by atoms with van der Waals surface area (Å²) in [6, 6.07) is 5.85. The third-order valence-electron chi connectivity index (χ3n) is 4.91. The maximum Gasteiger partial charge on any atom is 0.243 e. The minimum atomic E-state index is -0.210. The molecule has 2 aromatic rings. The Morgan fingerprint density at radius 3 is 2.48 bits per heavy atom. The molecule has 27 heavy (non-hydrogen) atoms. The normalized spacial score (nSPS) is 14.7. The van der Waals surface area contributed by atoms with Crippen LogP contribution in [0.3, 0.4) is 0 Å². The van der Waals surface area contributed by atoms with Crippen LogP contribution in [0.2, 0.25) is 0 Å². The topological polar surface area (TPSA) is 87.2 Å². The van der Waals surface area contributed by atoms with Gasteiger partial charge in [-0.3, -0.25) is 14.6 Å². The van der Waals surface area contributed by atoms with E-state index in [9.17, 15) is 9.59 Å². The quantitative estimate of drug-likeness (QED) is 0.845. The fourth-order valence-corrected chi connectivity index (χ4v) is 3.33. The van der Waals surface area contributed by atoms with E-state index >= 15 is 0 Å². The van der Waals surface area contributed by atoms with Gasteiger partial charge in [0.25, 0.3) is 0 Å². The van der Waals surface area contributed by atoms with Gasteiger partial charge in [-0.1, -0.05) is 18.2 Å². The molecule has 2 N–H and O–H groups in total. The fraction of sp³-hybridized carbons (Fsp3) is 0.400. The molecule has 0 atom stereocenters. The van der Waals surface area contributed by atoms with Gasteiger partial charge in [0, 0.05) is 37.1 Å². The maximum absolute atomic E-state index is 12.4. The SMILES string of the molecule is Cc1cccc(C)c1NC(=O)CNC(=O)C1CCN(c2cnccn2)CC1. The van der Waals surface area contributed by atoms with E-state index in [1.807, 2.05) is 32.0 Å². The van der Waals surface area contributed by atoms with E-state index in [4.69, 9.17) is 0 Å². The van der Waals surface area contributed by atoms with Crippen molar-refractivity contribution in [2.45, 2.75) is 26.7 Å². The number of amides is 2. The van der Waals surface area contributed by atoms with Crippen LogP contribution in [0.15, 0.2) is 36.8 Å². The second kappa shape index (κ2) is 8.62. The molecule has 1 fully saturated rings. The standard InChI is InChI=1S/C20H25N5O2/c1-14-4-3-5-15(2)19(14)24-18(26)13-23-20(27)16-6-10-25(11-7-16)17-12-21-8-9-22-17/h3-5,8-9,12,16H,6-7,10-11,13H2,1-2H3,(H,23,27)(H,24,26). The molecular formula is C20H25N5O2. The van der Waals surface area contributed by atoms with E-state index in [0.717, 1.165) is 48.6 Å². The summed E-state index contributed by atoms with van der Waals surface area (Å²) >= 11 is 0. The van der Waals surface area contributed by atoms with Crippen LogP contribution < -0.4 is 15.5 Å². The van der Waals surface area contributed by atoms with Crippen LogP contribution >= 0.6 is 0 Å². The average Bonchev–Trinajstić information content (AvgIpc) is 2.70. The number of piperidine rings is 1. The lowest BCUT2D eigenvalue weighted by Gasteiger charge is -2.31. The Hall–Kier alpha value is -2.96. The Kier molecular flexibility index (Phi) is 6.01. The number of anilines is 2. The molecule has 0 unspecified atom stereocenters. The lowest BCUT2D eigenvalue weighted by atomic mass is 9.96. The molecule has 3 rings (SSSR count). The number of carbonyl (C=O) groups is 2. The minimum absolute atomic E-state index is 0.0169. The van der Waals surface area contributed by atoms with Crippen LogP contribution in [0.4, 0.5) is 11.5 Å². The Morgan fingerprint density at radius 2 is 1.85 bits per heavy atom. The van der Waals surface area contributed by atoms with E-state index in [2.05, 4.69) is 25.5 Å². The van der Waals surface area contributed by atoms with Gasteiger partial charge in [-0.15, -0.1) is 0 Å². The van der Waals surface area contributed by atoms with Crippen LogP contribution in [-0.2, 0) is 9.59 Å². The molecule has 1 aliphatic heterocycles. The molecule has 1 aliphatic rings. The first-order chi connectivity index (χ1) is 13.0. The van der Waals surface area contributed by atoms with Crippen molar-refractivity contribution in [3.8, 4) is 0 Å². The second-order valence-electron chi connectivity index (χ2n) is 6.86. The van der Waals surface area contributed by atoms with Crippen molar-refractivity contribution in [1.29, 1.82) is 0 Å². The highest BCUT2D eigenvalue weighted by molar-refractivity contribution is 5.96. The molecule has 7 heteroatoms. The van der Waals surface area contributed by atoms with Gasteiger partial charge in [-0.05, 0) is 37.8 Å². The Balaban J connectivity index is 1.45. The highest BCUT2D eigenvalue weighted by Gasteiger charge is 2.25. The zero-order valence-corrected chi connectivity index (χ0v) is 15.7. The minimum Gasteiger partial charge on any atom is -0.355 e. The van der Waals surface area contributed by atoms with Gasteiger partial charge in [0.15, 0.2) is 0 Å². The van der Waals surface area contributed by atoms with Crippen LogP contribution in [0, 0.1) is 19.8 Å². The Bertz CT molecular complexity index is 781. The smallest absolute Gasteiger partial charge is 0.243 e. The molecule has 1 aromatic carbocycles. The van der Waals surface area contributed by atoms with Crippen molar-refractivity contribution in [2.24, 2.45) is 5.92 Å². The summed E-state index contributed by atoms with van der Waals surface area (Å²) in [6.45, 7) is 5.39. The van der Waals surface area contributed by atoms with Crippen molar-refractivity contribution in [1.82, 2.24) is 15.3 Å². The van der Waals surface area contributed by atoms with Gasteiger partial charge < -0.3 is 15.5 Å². The van der Waals surface area contributed by atoms with Crippen molar-refractivity contribution in [3.05, 3.63) is 47.9 Å². The van der Waals surface area contributed by atoms with Crippen LogP contribution in [0.1, 0.15) is 24.0 Å². The Morgan fingerprint density at radius 1 is 1.15 bits per heavy atom. The van der Waals surface area contributed by atoms with E-state index in [1.54, 1.807) is 18.6 Å². The van der Waals surface area contributed by atoms with E-state index in [0.29, 0.717) is 0 Å². The van der Waals surface area contributed by atoms with Crippen molar-refractivity contribution >= 4 is 23.3 Å². The molecule has 0 aliphatic carbocycles. The number of nitrogens with zero attached hydrogens (tertiary/aromatic N) is 3. The zero-order valence-electron chi connectivity index (χ0n) is 15.7. The summed E-state index contributed by atoms with van der Waals surface area (Å²) in [7, 11) is 0. The first-order valence-electron chi connectivity index (χ1n) is 9.19. The number of hydrogen-bond donors (Lipinski definition) is 2. The van der Waals surface area contributed by atoms with Gasteiger partial charge in [0.05, 0.1) is 12.7 Å². The molecular weight excluding hydrogens is 342 g/mol. The molecule has 1 aromatic heterocycles. The van der Waals surface area contributed by atoms with Crippen LogP contribution in [0.25, 0.3) is 0 Å². The summed E-state index contributed by atoms with van der Waals surface area (Å²) in [5.74, 6) is 0.485. The third-order valence-corrected chi connectivity index (χ3v) is 4.91. The van der Waals surface area contributed by atoms with Crippen LogP contribution in [-0.4, -0.2) is 41.4 Å². The van der Waals surface area contributed by atoms with Gasteiger partial charge in [0.1, 0.15) is 5.82 Å². The lowest BCUT2D eigenvalue weighted by Crippen LogP contribution is -2.42. The number of carbonyl (C=O) groups excluding carboxylic acids is 2. The van der Waals surface area contributed by atoms with E-state index in [1.165, 1.54) is 0 Å². The largest absolute Gasteiger partial charge is 0.355 e. The van der Waals surface area contributed by atoms with Crippen molar-refractivity contribution < 1.29 is 9.59 Å². The number of para-hydroxylation sites is 1. The summed E-state index contributed by atoms with van der Waals surface area (Å²) in [4.78, 5) is 35.1. The molecule has 0 radical (unpaired) electrons. The molecule has 0 bridgehead atoms. The summed E-state index contributed by atoms with van der Waals surface area (Å²) in [6.07, 6.45) is 6.52. The summed E-state index contributed by atoms with van der Waals surface area (Å²) in [5.41, 5.74) is 2.83. The third kappa shape index (κ3) is 4.81. The number of aromatic nitrogens is 2. The Labute approximate surface area is 159 Å². The molecule has 2 amide bonds. The summed E-state index contributed by atoms with van der Waals surface area (Å²) < 4.78 is 0. The van der Waals surface area contributed by atoms with Crippen molar-refractivity contribution in [3.63, 3.8) is 0 Å². The predicted octanol–water partition coefficient (Wildman–Crippen LogP) is 2.06. The number of aryl methyl sites for hydroxylation is 2. The number of nitrogens with one attached hydrogen (secondary N) is 2. The number of rotatable bonds is 5. The molecule has 0 saturated carbocycles. The average molecular weight is 367 g/mol. The van der Waals surface area contributed by atoms with Gasteiger partial charge >= 0.3 is 0 Å². The number of benzene rings is 1. The lowest BCUT2D eigenvalue weighted by molar-refractivity contribution is -0.127. The molecule has 7 nitrogen and oxygen atoms in total. The monoisotopic (exact) mass is 367 g/mol. The summed E-state index contributed by atoms with van der Waals surface area (Å²) in [5, 5.41) is 5.66. The van der Waals surface area contributed by atoms with E-state index < -0.39 is 0 Å². The van der Waals surface area contributed by atoms with Gasteiger partial charge in [0.2, 0.25) is 11.8 Å². The first kappa shape index (κ1) is 18.8.